The molecule has 0 aliphatic carbocycles. The predicted molar refractivity (Wildman–Crippen MR) is 45.7 cm³/mol. The molecule has 0 bridgehead atoms. The number of hydrogen-bond acceptors (Lipinski definition) is 3. The maximum Gasteiger partial charge on any atom is 0.236 e. The lowest BCUT2D eigenvalue weighted by Crippen LogP contribution is -2.53. The van der Waals surface area contributed by atoms with E-state index >= 15 is 0 Å². The van der Waals surface area contributed by atoms with E-state index in [1.165, 1.54) is 0 Å². The number of likely N-dealkylation sites (tertiary alicyclic amines) is 1. The van der Waals surface area contributed by atoms with Crippen LogP contribution in [-0.2, 0) is 4.79 Å². The molecule has 0 aromatic carbocycles. The molecule has 4 nitrogen and oxygen atoms in total. The number of hydrogen-bond donors (Lipinski definition) is 2. The van der Waals surface area contributed by atoms with Crippen LogP contribution in [0.3, 0.4) is 0 Å². The number of carbonyl (C=O) groups is 1. The van der Waals surface area contributed by atoms with Crippen molar-refractivity contribution in [3.63, 3.8) is 0 Å². The molecular weight excluding hydrogens is 156 g/mol. The van der Waals surface area contributed by atoms with Crippen molar-refractivity contribution in [2.24, 2.45) is 5.92 Å². The second-order valence-electron chi connectivity index (χ2n) is 3.13. The molecule has 1 fully saturated rings. The highest BCUT2D eigenvalue weighted by Crippen LogP contribution is 2.13. The summed E-state index contributed by atoms with van der Waals surface area (Å²) in [5.74, 6) is 0.456. The minimum atomic E-state index is 0.140. The van der Waals surface area contributed by atoms with E-state index in [0.717, 1.165) is 19.6 Å². The lowest BCUT2D eigenvalue weighted by atomic mass is 10.0. The fourth-order valence-corrected chi connectivity index (χ4v) is 1.23. The average molecular weight is 172 g/mol. The number of carbonyl (C=O) groups excluding carboxylic acids is 1. The second kappa shape index (κ2) is 4.42. The molecule has 0 aromatic rings. The van der Waals surface area contributed by atoms with Crippen LogP contribution in [0, 0.1) is 5.92 Å². The number of nitrogens with zero attached hydrogens (tertiary/aromatic N) is 1. The fourth-order valence-electron chi connectivity index (χ4n) is 1.23. The highest BCUT2D eigenvalue weighted by molar-refractivity contribution is 5.79. The molecule has 2 N–H and O–H groups in total. The summed E-state index contributed by atoms with van der Waals surface area (Å²) in [6.07, 6.45) is 0. The van der Waals surface area contributed by atoms with Gasteiger partial charge in [0, 0.05) is 25.6 Å². The van der Waals surface area contributed by atoms with Gasteiger partial charge in [-0.3, -0.25) is 4.79 Å². The van der Waals surface area contributed by atoms with Crippen LogP contribution in [-0.4, -0.2) is 48.7 Å². The van der Waals surface area contributed by atoms with Crippen molar-refractivity contribution in [2.75, 3.05) is 32.8 Å². The van der Waals surface area contributed by atoms with Gasteiger partial charge in [0.1, 0.15) is 0 Å². The van der Waals surface area contributed by atoms with Gasteiger partial charge in [-0.2, -0.15) is 0 Å². The number of amides is 1. The van der Waals surface area contributed by atoms with Crippen molar-refractivity contribution >= 4 is 5.91 Å². The smallest absolute Gasteiger partial charge is 0.236 e. The van der Waals surface area contributed by atoms with Crippen LogP contribution in [0.15, 0.2) is 0 Å². The number of likely N-dealkylation sites (N-methyl/N-ethyl adjacent to an activating group) is 1. The summed E-state index contributed by atoms with van der Waals surface area (Å²) < 4.78 is 0. The largest absolute Gasteiger partial charge is 0.396 e. The van der Waals surface area contributed by atoms with Crippen LogP contribution < -0.4 is 5.32 Å². The quantitative estimate of drug-likeness (QED) is 0.574. The Kier molecular flexibility index (Phi) is 3.49. The third kappa shape index (κ3) is 2.19. The first kappa shape index (κ1) is 9.48. The van der Waals surface area contributed by atoms with Crippen LogP contribution in [0.5, 0.6) is 0 Å². The highest BCUT2D eigenvalue weighted by Gasteiger charge is 2.28. The van der Waals surface area contributed by atoms with E-state index in [1.54, 1.807) is 4.90 Å². The third-order valence-electron chi connectivity index (χ3n) is 2.09. The number of nitrogens with one attached hydrogen (secondary N) is 1. The fraction of sp³-hybridized carbons (Fsp3) is 0.875. The molecule has 0 saturated carbocycles. The Balaban J connectivity index is 2.11. The molecule has 70 valence electrons. The van der Waals surface area contributed by atoms with Crippen molar-refractivity contribution in [3.05, 3.63) is 0 Å². The zero-order chi connectivity index (χ0) is 8.97. The van der Waals surface area contributed by atoms with Crippen molar-refractivity contribution in [3.8, 4) is 0 Å². The maximum atomic E-state index is 11.2. The van der Waals surface area contributed by atoms with Crippen molar-refractivity contribution in [2.45, 2.75) is 6.92 Å². The lowest BCUT2D eigenvalue weighted by molar-refractivity contribution is -0.137. The van der Waals surface area contributed by atoms with Crippen LogP contribution in [0.2, 0.25) is 0 Å². The zero-order valence-corrected chi connectivity index (χ0v) is 7.42. The Hall–Kier alpha value is -0.610. The van der Waals surface area contributed by atoms with Crippen molar-refractivity contribution < 1.29 is 9.90 Å². The molecule has 0 spiro atoms. The summed E-state index contributed by atoms with van der Waals surface area (Å²) in [5, 5.41) is 11.7. The first-order valence-corrected chi connectivity index (χ1v) is 4.37. The van der Waals surface area contributed by atoms with Gasteiger partial charge < -0.3 is 15.3 Å². The Morgan fingerprint density at radius 3 is 2.83 bits per heavy atom. The number of aliphatic hydroxyl groups is 1. The summed E-state index contributed by atoms with van der Waals surface area (Å²) in [7, 11) is 0. The van der Waals surface area contributed by atoms with E-state index in [1.807, 2.05) is 6.92 Å². The first-order valence-electron chi connectivity index (χ1n) is 4.37. The molecule has 1 rings (SSSR count). The summed E-state index contributed by atoms with van der Waals surface area (Å²) in [6.45, 7) is 4.87. The second-order valence-corrected chi connectivity index (χ2v) is 3.13. The summed E-state index contributed by atoms with van der Waals surface area (Å²) in [6, 6.07) is 0. The normalized spacial score (nSPS) is 17.7. The SMILES string of the molecule is CCNCC(=O)N1CC(CO)C1. The molecule has 12 heavy (non-hydrogen) atoms. The Labute approximate surface area is 72.6 Å². The van der Waals surface area contributed by atoms with Gasteiger partial charge in [-0.1, -0.05) is 6.92 Å². The van der Waals surface area contributed by atoms with Gasteiger partial charge in [0.25, 0.3) is 0 Å². The molecule has 1 saturated heterocycles. The average Bonchev–Trinajstić information content (AvgIpc) is 1.99. The van der Waals surface area contributed by atoms with Gasteiger partial charge in [0.2, 0.25) is 5.91 Å². The monoisotopic (exact) mass is 172 g/mol. The van der Waals surface area contributed by atoms with Gasteiger partial charge in [-0.25, -0.2) is 0 Å². The van der Waals surface area contributed by atoms with Gasteiger partial charge in [0.05, 0.1) is 6.54 Å². The lowest BCUT2D eigenvalue weighted by Gasteiger charge is -2.38. The van der Waals surface area contributed by atoms with Crippen molar-refractivity contribution in [1.82, 2.24) is 10.2 Å². The topological polar surface area (TPSA) is 52.6 Å². The van der Waals surface area contributed by atoms with Crippen LogP contribution >= 0.6 is 0 Å². The standard InChI is InChI=1S/C8H16N2O2/c1-2-9-3-8(12)10-4-7(5-10)6-11/h7,9,11H,2-6H2,1H3. The molecule has 0 atom stereocenters. The predicted octanol–water partition coefficient (Wildman–Crippen LogP) is -0.953. The van der Waals surface area contributed by atoms with Gasteiger partial charge >= 0.3 is 0 Å². The van der Waals surface area contributed by atoms with Gasteiger partial charge in [0.15, 0.2) is 0 Å². The molecule has 0 unspecified atom stereocenters. The molecule has 1 aliphatic rings. The summed E-state index contributed by atoms with van der Waals surface area (Å²) in [4.78, 5) is 13.0. The first-order chi connectivity index (χ1) is 5.77. The van der Waals surface area contributed by atoms with E-state index in [4.69, 9.17) is 5.11 Å². The molecule has 0 aromatic heterocycles. The van der Waals surface area contributed by atoms with Crippen LogP contribution in [0.25, 0.3) is 0 Å². The number of aliphatic hydroxyl groups excluding tert-OH is 1. The summed E-state index contributed by atoms with van der Waals surface area (Å²) in [5.41, 5.74) is 0. The van der Waals surface area contributed by atoms with E-state index in [2.05, 4.69) is 5.32 Å². The maximum absolute atomic E-state index is 11.2. The van der Waals surface area contributed by atoms with E-state index < -0.39 is 0 Å². The minimum Gasteiger partial charge on any atom is -0.396 e. The highest BCUT2D eigenvalue weighted by atomic mass is 16.3. The Morgan fingerprint density at radius 2 is 2.33 bits per heavy atom. The summed E-state index contributed by atoms with van der Waals surface area (Å²) >= 11 is 0. The van der Waals surface area contributed by atoms with Gasteiger partial charge in [-0.05, 0) is 6.54 Å². The van der Waals surface area contributed by atoms with Gasteiger partial charge in [-0.15, -0.1) is 0 Å². The molecule has 1 heterocycles. The Bertz CT molecular complexity index is 155. The molecule has 0 radical (unpaired) electrons. The van der Waals surface area contributed by atoms with E-state index in [9.17, 15) is 4.79 Å². The number of rotatable bonds is 4. The molecule has 4 heteroatoms. The third-order valence-corrected chi connectivity index (χ3v) is 2.09. The van der Waals surface area contributed by atoms with Crippen LogP contribution in [0.4, 0.5) is 0 Å². The minimum absolute atomic E-state index is 0.140. The van der Waals surface area contributed by atoms with Crippen LogP contribution in [0.1, 0.15) is 6.92 Å². The Morgan fingerprint density at radius 1 is 1.67 bits per heavy atom. The van der Waals surface area contributed by atoms with E-state index in [-0.39, 0.29) is 12.5 Å². The molecular formula is C8H16N2O2. The van der Waals surface area contributed by atoms with Crippen molar-refractivity contribution in [1.29, 1.82) is 0 Å². The zero-order valence-electron chi connectivity index (χ0n) is 7.42. The molecule has 1 aliphatic heterocycles. The van der Waals surface area contributed by atoms with E-state index in [0.29, 0.717) is 12.5 Å². The molecule has 1 amide bonds.